The predicted octanol–water partition coefficient (Wildman–Crippen LogP) is 1.26. The minimum Gasteiger partial charge on any atom is -0.492 e. The molecular weight excluding hydrogens is 460 g/mol. The summed E-state index contributed by atoms with van der Waals surface area (Å²) < 4.78 is 10.5. The number of benzene rings is 1. The van der Waals surface area contributed by atoms with Crippen LogP contribution >= 0.6 is 0 Å². The van der Waals surface area contributed by atoms with Gasteiger partial charge in [0.2, 0.25) is 0 Å². The summed E-state index contributed by atoms with van der Waals surface area (Å²) in [5, 5.41) is 12.1. The smallest absolute Gasteiger partial charge is 0.424 e. The number of carbonyl (C=O) groups excluding carboxylic acids is 1. The van der Waals surface area contributed by atoms with E-state index in [4.69, 9.17) is 14.6 Å². The maximum Gasteiger partial charge on any atom is 0.424 e. The third-order valence-electron chi connectivity index (χ3n) is 3.06. The van der Waals surface area contributed by atoms with Crippen molar-refractivity contribution in [1.29, 1.82) is 0 Å². The Morgan fingerprint density at radius 2 is 2.05 bits per heavy atom. The van der Waals surface area contributed by atoms with Crippen molar-refractivity contribution >= 4 is 12.1 Å². The summed E-state index contributed by atoms with van der Waals surface area (Å²) >= 11 is 0. The summed E-state index contributed by atoms with van der Waals surface area (Å²) in [5.74, 6) is -0.435. The second-order valence-corrected chi connectivity index (χ2v) is 4.37. The van der Waals surface area contributed by atoms with Gasteiger partial charge in [0, 0.05) is 27.6 Å². The first kappa shape index (κ1) is 18.5. The summed E-state index contributed by atoms with van der Waals surface area (Å²) in [6.45, 7) is 5.84. The van der Waals surface area contributed by atoms with Crippen molar-refractivity contribution in [3.8, 4) is 5.75 Å². The van der Waals surface area contributed by atoms with E-state index >= 15 is 0 Å². The number of aromatic carboxylic acids is 1. The summed E-state index contributed by atoms with van der Waals surface area (Å²) in [7, 11) is 0. The molecule has 1 N–H and O–H groups in total. The molecule has 2 rings (SSSR count). The monoisotopic (exact) mass is 477 g/mol. The number of carboxylic acids is 1. The molecule has 8 heteroatoms. The van der Waals surface area contributed by atoms with Gasteiger partial charge < -0.3 is 21.5 Å². The van der Waals surface area contributed by atoms with Gasteiger partial charge in [-0.1, -0.05) is 0 Å². The van der Waals surface area contributed by atoms with Crippen LogP contribution < -0.4 is 4.74 Å². The zero-order chi connectivity index (χ0) is 15.2. The number of carboxylic acid groups (broad SMARTS) is 1. The number of hydrazine groups is 1. The molecule has 22 heavy (non-hydrogen) atoms. The van der Waals surface area contributed by atoms with Crippen molar-refractivity contribution in [1.82, 2.24) is 10.0 Å². The van der Waals surface area contributed by atoms with Crippen LogP contribution in [-0.2, 0) is 25.8 Å². The average Bonchev–Trinajstić information content (AvgIpc) is 2.49. The Labute approximate surface area is 143 Å². The van der Waals surface area contributed by atoms with Crippen molar-refractivity contribution in [3.63, 3.8) is 0 Å². The maximum atomic E-state index is 11.6. The van der Waals surface area contributed by atoms with E-state index in [1.165, 1.54) is 17.1 Å². The first-order chi connectivity index (χ1) is 10.1. The Bertz CT molecular complexity index is 508. The van der Waals surface area contributed by atoms with E-state index in [0.29, 0.717) is 32.0 Å². The number of carbonyl (C=O) groups is 2. The molecule has 0 saturated carbocycles. The van der Waals surface area contributed by atoms with E-state index in [1.54, 1.807) is 17.1 Å². The number of hydrogen-bond acceptors (Lipinski definition) is 5. The zero-order valence-corrected chi connectivity index (χ0v) is 14.9. The summed E-state index contributed by atoms with van der Waals surface area (Å²) in [4.78, 5) is 22.4. The van der Waals surface area contributed by atoms with Gasteiger partial charge in [0.1, 0.15) is 19.0 Å². The molecule has 1 heterocycles. The molecule has 0 bridgehead atoms. The molecule has 1 aromatic carbocycles. The molecule has 0 spiro atoms. The second kappa shape index (κ2) is 8.75. The van der Waals surface area contributed by atoms with Crippen LogP contribution in [0.4, 0.5) is 4.79 Å². The number of ether oxygens (including phenoxy) is 2. The molecule has 7 nitrogen and oxygen atoms in total. The van der Waals surface area contributed by atoms with Crippen LogP contribution in [0.15, 0.2) is 24.3 Å². The minimum atomic E-state index is -0.983. The quantitative estimate of drug-likeness (QED) is 0.623. The fourth-order valence-corrected chi connectivity index (χ4v) is 1.96. The SMILES string of the molecule is [CH2-]CN1CCOC(=O)N1CCOc1ccc(C(=O)O)cc1.[W]. The first-order valence-electron chi connectivity index (χ1n) is 6.56. The van der Waals surface area contributed by atoms with Crippen LogP contribution in [0.1, 0.15) is 10.4 Å². The fourth-order valence-electron chi connectivity index (χ4n) is 1.96. The van der Waals surface area contributed by atoms with Gasteiger partial charge >= 0.3 is 12.1 Å². The first-order valence-corrected chi connectivity index (χ1v) is 6.56. The average molecular weight is 477 g/mol. The van der Waals surface area contributed by atoms with Crippen LogP contribution in [0.3, 0.4) is 0 Å². The van der Waals surface area contributed by atoms with Gasteiger partial charge in [-0.3, -0.25) is 0 Å². The number of cyclic esters (lactones) is 1. The molecule has 1 aromatic rings. The molecule has 0 atom stereocenters. The second-order valence-electron chi connectivity index (χ2n) is 4.37. The summed E-state index contributed by atoms with van der Waals surface area (Å²) in [5.41, 5.74) is 0.199. The molecule has 1 aliphatic rings. The normalized spacial score (nSPS) is 15.0. The third kappa shape index (κ3) is 4.71. The summed E-state index contributed by atoms with van der Waals surface area (Å²) in [6.07, 6.45) is -0.408. The van der Waals surface area contributed by atoms with Gasteiger partial charge in [-0.25, -0.2) is 19.6 Å². The Balaban J connectivity index is 0.00000242. The van der Waals surface area contributed by atoms with E-state index in [9.17, 15) is 9.59 Å². The Morgan fingerprint density at radius 3 is 2.64 bits per heavy atom. The van der Waals surface area contributed by atoms with Crippen LogP contribution in [0.25, 0.3) is 0 Å². The largest absolute Gasteiger partial charge is 0.492 e. The molecule has 1 fully saturated rings. The van der Waals surface area contributed by atoms with E-state index in [1.807, 2.05) is 0 Å². The molecule has 1 aliphatic heterocycles. The number of amides is 1. The Hall–Kier alpha value is -1.59. The van der Waals surface area contributed by atoms with Crippen molar-refractivity contribution in [3.05, 3.63) is 36.8 Å². The number of hydrogen-bond donors (Lipinski definition) is 1. The minimum absolute atomic E-state index is 0. The fraction of sp³-hybridized carbons (Fsp3) is 0.357. The zero-order valence-electron chi connectivity index (χ0n) is 11.9. The van der Waals surface area contributed by atoms with Gasteiger partial charge in [0.25, 0.3) is 0 Å². The van der Waals surface area contributed by atoms with Gasteiger partial charge in [-0.2, -0.15) is 0 Å². The molecule has 1 amide bonds. The third-order valence-corrected chi connectivity index (χ3v) is 3.06. The molecule has 0 aliphatic carbocycles. The van der Waals surface area contributed by atoms with Crippen molar-refractivity contribution in [2.45, 2.75) is 0 Å². The van der Waals surface area contributed by atoms with Crippen LogP contribution in [0.5, 0.6) is 5.75 Å². The van der Waals surface area contributed by atoms with Gasteiger partial charge in [-0.15, -0.1) is 6.54 Å². The maximum absolute atomic E-state index is 11.6. The van der Waals surface area contributed by atoms with E-state index in [2.05, 4.69) is 6.92 Å². The van der Waals surface area contributed by atoms with Crippen LogP contribution in [0.2, 0.25) is 0 Å². The van der Waals surface area contributed by atoms with E-state index in [0.717, 1.165) is 0 Å². The van der Waals surface area contributed by atoms with Gasteiger partial charge in [-0.05, 0) is 24.3 Å². The molecule has 1 saturated heterocycles. The van der Waals surface area contributed by atoms with Crippen LogP contribution in [-0.4, -0.2) is 60.0 Å². The van der Waals surface area contributed by atoms with E-state index in [-0.39, 0.29) is 33.2 Å². The standard InChI is InChI=1S/C14H17N2O5.W/c1-2-15-7-9-21-14(19)16(15)8-10-20-12-5-3-11(4-6-12)13(17)18;/h3-6H,1-2,7-10H2,(H,17,18);/q-1;. The molecule has 0 unspecified atom stereocenters. The van der Waals surface area contributed by atoms with Crippen molar-refractivity contribution < 1.29 is 45.2 Å². The van der Waals surface area contributed by atoms with Gasteiger partial charge in [0.15, 0.2) is 0 Å². The van der Waals surface area contributed by atoms with Crippen molar-refractivity contribution in [2.24, 2.45) is 0 Å². The Kier molecular flexibility index (Phi) is 7.35. The predicted molar refractivity (Wildman–Crippen MR) is 73.9 cm³/mol. The molecule has 0 aromatic heterocycles. The summed E-state index contributed by atoms with van der Waals surface area (Å²) in [6, 6.07) is 6.10. The number of nitrogens with zero attached hydrogens (tertiary/aromatic N) is 2. The van der Waals surface area contributed by atoms with Crippen LogP contribution in [0, 0.1) is 6.92 Å². The van der Waals surface area contributed by atoms with Gasteiger partial charge in [0.05, 0.1) is 12.1 Å². The van der Waals surface area contributed by atoms with E-state index < -0.39 is 12.1 Å². The number of rotatable bonds is 6. The Morgan fingerprint density at radius 1 is 1.36 bits per heavy atom. The molecular formula is C14H17N2O5W-. The molecule has 120 valence electrons. The molecule has 0 radical (unpaired) electrons. The van der Waals surface area contributed by atoms with Crippen molar-refractivity contribution in [2.75, 3.05) is 32.8 Å². The topological polar surface area (TPSA) is 79.3 Å².